The molecule has 2 saturated heterocycles. The van der Waals surface area contributed by atoms with Gasteiger partial charge in [-0.25, -0.2) is 18.3 Å². The van der Waals surface area contributed by atoms with Gasteiger partial charge in [0.25, 0.3) is 5.91 Å². The third-order valence-corrected chi connectivity index (χ3v) is 10.2. The molecule has 0 aromatic heterocycles. The molecule has 2 aliphatic heterocycles. The lowest BCUT2D eigenvalue weighted by atomic mass is 9.94. The van der Waals surface area contributed by atoms with Gasteiger partial charge in [0.05, 0.1) is 6.61 Å². The van der Waals surface area contributed by atoms with E-state index in [9.17, 15) is 22.8 Å². The fourth-order valence-corrected chi connectivity index (χ4v) is 7.30. The van der Waals surface area contributed by atoms with Crippen molar-refractivity contribution in [2.24, 2.45) is 0 Å². The maximum Gasteiger partial charge on any atom is 0.266 e. The van der Waals surface area contributed by atoms with Crippen LogP contribution in [-0.2, 0) is 21.4 Å². The molecule has 9 nitrogen and oxygen atoms in total. The van der Waals surface area contributed by atoms with Gasteiger partial charge in [0.15, 0.2) is 16.3 Å². The number of hydrogen-bond acceptors (Lipinski definition) is 7. The van der Waals surface area contributed by atoms with Crippen molar-refractivity contribution in [3.63, 3.8) is 0 Å². The number of piperidine rings is 1. The van der Waals surface area contributed by atoms with Crippen molar-refractivity contribution in [2.45, 2.75) is 43.9 Å². The SMILES string of the molecule is CCCCOc1ccc(N2CCN(S(=O)(=O)C3(C(=O)NO)CCN(Cc4ccccc4)CC3)CC2)cc1F.Cl.Cl. The van der Waals surface area contributed by atoms with Gasteiger partial charge in [0.2, 0.25) is 10.0 Å². The van der Waals surface area contributed by atoms with E-state index < -0.39 is 26.5 Å². The van der Waals surface area contributed by atoms with Crippen LogP contribution in [0.25, 0.3) is 0 Å². The molecule has 4 rings (SSSR count). The molecule has 224 valence electrons. The van der Waals surface area contributed by atoms with Crippen LogP contribution in [0, 0.1) is 5.82 Å². The maximum atomic E-state index is 14.6. The van der Waals surface area contributed by atoms with Crippen LogP contribution >= 0.6 is 24.8 Å². The van der Waals surface area contributed by atoms with E-state index in [2.05, 4.69) is 4.90 Å². The van der Waals surface area contributed by atoms with Crippen LogP contribution in [-0.4, -0.2) is 79.4 Å². The number of unbranched alkanes of at least 4 members (excludes halogenated alkanes) is 1. The molecular formula is C27H39Cl2FN4O5S. The number of hydroxylamine groups is 1. The molecule has 0 saturated carbocycles. The number of carbonyl (C=O) groups is 1. The van der Waals surface area contributed by atoms with E-state index in [-0.39, 0.29) is 56.5 Å². The van der Waals surface area contributed by atoms with Crippen molar-refractivity contribution in [3.05, 3.63) is 59.9 Å². The number of ether oxygens (including phenoxy) is 1. The first-order chi connectivity index (χ1) is 18.3. The first kappa shape index (κ1) is 34.1. The Balaban J connectivity index is 0.00000280. The molecule has 2 fully saturated rings. The second-order valence-corrected chi connectivity index (χ2v) is 12.2. The standard InChI is InChI=1S/C27H37FN4O5S.2ClH/c1-2-3-19-37-25-10-9-23(20-24(25)28)31-15-17-32(18-16-31)38(35,36)27(26(33)29-34)11-13-30(14-12-27)21-22-7-5-4-6-8-22;;/h4-10,20,34H,2-3,11-19,21H2,1H3,(H,29,33);2*1H. The average molecular weight is 622 g/mol. The summed E-state index contributed by atoms with van der Waals surface area (Å²) in [5.74, 6) is -1.13. The van der Waals surface area contributed by atoms with E-state index in [4.69, 9.17) is 4.74 Å². The van der Waals surface area contributed by atoms with Crippen LogP contribution in [0.1, 0.15) is 38.2 Å². The summed E-state index contributed by atoms with van der Waals surface area (Å²) in [5.41, 5.74) is 3.39. The maximum absolute atomic E-state index is 14.6. The summed E-state index contributed by atoms with van der Waals surface area (Å²) in [6.07, 6.45) is 1.97. The number of nitrogens with zero attached hydrogens (tertiary/aromatic N) is 3. The zero-order valence-electron chi connectivity index (χ0n) is 22.6. The van der Waals surface area contributed by atoms with Crippen LogP contribution in [0.2, 0.25) is 0 Å². The van der Waals surface area contributed by atoms with E-state index >= 15 is 0 Å². The largest absolute Gasteiger partial charge is 0.491 e. The molecule has 13 heteroatoms. The lowest BCUT2D eigenvalue weighted by Crippen LogP contribution is -2.63. The Morgan fingerprint density at radius 1 is 1.02 bits per heavy atom. The van der Waals surface area contributed by atoms with Crippen LogP contribution in [0.15, 0.2) is 48.5 Å². The highest BCUT2D eigenvalue weighted by Crippen LogP contribution is 2.35. The Labute approximate surface area is 248 Å². The molecule has 0 bridgehead atoms. The van der Waals surface area contributed by atoms with Crippen molar-refractivity contribution < 1.29 is 27.5 Å². The Bertz CT molecular complexity index is 1190. The predicted octanol–water partition coefficient (Wildman–Crippen LogP) is 3.84. The van der Waals surface area contributed by atoms with Gasteiger partial charge in [-0.05, 0) is 37.0 Å². The third kappa shape index (κ3) is 7.37. The zero-order valence-corrected chi connectivity index (χ0v) is 25.1. The highest BCUT2D eigenvalue weighted by atomic mass is 35.5. The smallest absolute Gasteiger partial charge is 0.266 e. The average Bonchev–Trinajstić information content (AvgIpc) is 2.94. The van der Waals surface area contributed by atoms with Crippen molar-refractivity contribution in [1.82, 2.24) is 14.7 Å². The quantitative estimate of drug-likeness (QED) is 0.236. The lowest BCUT2D eigenvalue weighted by molar-refractivity contribution is -0.133. The van der Waals surface area contributed by atoms with Gasteiger partial charge in [0.1, 0.15) is 0 Å². The number of piperazine rings is 1. The number of likely N-dealkylation sites (tertiary alicyclic amines) is 1. The van der Waals surface area contributed by atoms with E-state index in [0.29, 0.717) is 45.0 Å². The van der Waals surface area contributed by atoms with Crippen LogP contribution in [0.5, 0.6) is 5.75 Å². The van der Waals surface area contributed by atoms with Crippen molar-refractivity contribution in [2.75, 3.05) is 50.8 Å². The summed E-state index contributed by atoms with van der Waals surface area (Å²) in [6.45, 7) is 5.00. The minimum Gasteiger partial charge on any atom is -0.491 e. The second-order valence-electron chi connectivity index (χ2n) is 9.90. The van der Waals surface area contributed by atoms with E-state index in [1.165, 1.54) is 10.4 Å². The van der Waals surface area contributed by atoms with Crippen molar-refractivity contribution in [1.29, 1.82) is 0 Å². The van der Waals surface area contributed by atoms with E-state index in [1.807, 2.05) is 42.2 Å². The van der Waals surface area contributed by atoms with Gasteiger partial charge in [-0.15, -0.1) is 24.8 Å². The number of amides is 1. The van der Waals surface area contributed by atoms with Crippen LogP contribution in [0.4, 0.5) is 10.1 Å². The number of nitrogens with one attached hydrogen (secondary N) is 1. The zero-order chi connectivity index (χ0) is 27.2. The molecule has 0 aliphatic carbocycles. The third-order valence-electron chi connectivity index (χ3n) is 7.54. The summed E-state index contributed by atoms with van der Waals surface area (Å²) in [5, 5.41) is 9.47. The number of halogens is 3. The number of benzene rings is 2. The monoisotopic (exact) mass is 620 g/mol. The lowest BCUT2D eigenvalue weighted by Gasteiger charge is -2.44. The summed E-state index contributed by atoms with van der Waals surface area (Å²) < 4.78 is 47.3. The Hall–Kier alpha value is -2.15. The first-order valence-corrected chi connectivity index (χ1v) is 14.6. The Kier molecular flexibility index (Phi) is 12.9. The number of carbonyl (C=O) groups excluding carboxylic acids is 1. The van der Waals surface area contributed by atoms with Gasteiger partial charge < -0.3 is 9.64 Å². The minimum atomic E-state index is -4.07. The van der Waals surface area contributed by atoms with Gasteiger partial charge in [-0.1, -0.05) is 43.7 Å². The van der Waals surface area contributed by atoms with Gasteiger partial charge >= 0.3 is 0 Å². The fraction of sp³-hybridized carbons (Fsp3) is 0.519. The second kappa shape index (κ2) is 15.2. The van der Waals surface area contributed by atoms with Gasteiger partial charge in [-0.3, -0.25) is 14.9 Å². The van der Waals surface area contributed by atoms with E-state index in [0.717, 1.165) is 18.4 Å². The highest BCUT2D eigenvalue weighted by Gasteiger charge is 2.55. The molecule has 2 aliphatic rings. The number of rotatable bonds is 10. The molecule has 0 spiro atoms. The predicted molar refractivity (Wildman–Crippen MR) is 158 cm³/mol. The molecule has 2 aromatic carbocycles. The fourth-order valence-electron chi connectivity index (χ4n) is 5.18. The molecule has 2 aromatic rings. The number of sulfonamides is 1. The minimum absolute atomic E-state index is 0. The summed E-state index contributed by atoms with van der Waals surface area (Å²) in [4.78, 5) is 16.9. The molecule has 40 heavy (non-hydrogen) atoms. The van der Waals surface area contributed by atoms with Crippen molar-refractivity contribution in [3.8, 4) is 5.75 Å². The molecule has 0 unspecified atom stereocenters. The van der Waals surface area contributed by atoms with Crippen LogP contribution < -0.4 is 15.1 Å². The van der Waals surface area contributed by atoms with Crippen LogP contribution in [0.3, 0.4) is 0 Å². The normalized spacial score (nSPS) is 17.8. The molecule has 2 N–H and O–H groups in total. The topological polar surface area (TPSA) is 102 Å². The highest BCUT2D eigenvalue weighted by molar-refractivity contribution is 7.91. The summed E-state index contributed by atoms with van der Waals surface area (Å²) in [7, 11) is -4.07. The Morgan fingerprint density at radius 2 is 1.68 bits per heavy atom. The molecular weight excluding hydrogens is 582 g/mol. The van der Waals surface area contributed by atoms with Crippen molar-refractivity contribution >= 4 is 46.4 Å². The number of anilines is 1. The molecule has 0 radical (unpaired) electrons. The molecule has 2 heterocycles. The summed E-state index contributed by atoms with van der Waals surface area (Å²) >= 11 is 0. The summed E-state index contributed by atoms with van der Waals surface area (Å²) in [6, 6.07) is 14.7. The Morgan fingerprint density at radius 3 is 2.25 bits per heavy atom. The van der Waals surface area contributed by atoms with Gasteiger partial charge in [-0.2, -0.15) is 4.31 Å². The number of hydrogen-bond donors (Lipinski definition) is 2. The first-order valence-electron chi connectivity index (χ1n) is 13.2. The van der Waals surface area contributed by atoms with Gasteiger partial charge in [0, 0.05) is 57.6 Å². The molecule has 0 atom stereocenters. The van der Waals surface area contributed by atoms with E-state index in [1.54, 1.807) is 17.6 Å². The molecule has 1 amide bonds.